The van der Waals surface area contributed by atoms with Gasteiger partial charge in [0.05, 0.1) is 29.0 Å². The molecule has 4 aromatic rings. The molecule has 2 bridgehead atoms. The zero-order valence-electron chi connectivity index (χ0n) is 21.9. The van der Waals surface area contributed by atoms with E-state index in [9.17, 15) is 13.8 Å². The largest absolute Gasteiger partial charge is 0.472 e. The third kappa shape index (κ3) is 5.46. The first kappa shape index (κ1) is 27.1. The van der Waals surface area contributed by atoms with E-state index in [1.165, 1.54) is 24.5 Å². The Morgan fingerprint density at radius 1 is 1.24 bits per heavy atom. The van der Waals surface area contributed by atoms with Crippen molar-refractivity contribution in [2.75, 3.05) is 30.6 Å². The minimum Gasteiger partial charge on any atom is -0.422 e. The first-order valence-corrected chi connectivity index (χ1v) is 14.2. The number of anilines is 2. The minimum absolute atomic E-state index is 0.0208. The summed E-state index contributed by atoms with van der Waals surface area (Å²) in [6.07, 6.45) is 3.51. The third-order valence-corrected chi connectivity index (χ3v) is 7.69. The Labute approximate surface area is 231 Å². The number of phosphoric ester groups is 1. The van der Waals surface area contributed by atoms with Gasteiger partial charge in [0, 0.05) is 31.1 Å². The lowest BCUT2D eigenvalue weighted by Crippen LogP contribution is -2.46. The number of nitrogens with one attached hydrogen (secondary N) is 3. The fourth-order valence-electron chi connectivity index (χ4n) is 5.55. The first-order valence-electron chi connectivity index (χ1n) is 12.6. The highest BCUT2D eigenvalue weighted by atomic mass is 31.2. The summed E-state index contributed by atoms with van der Waals surface area (Å²) in [5.41, 5.74) is 1.69. The van der Waals surface area contributed by atoms with E-state index in [1.54, 1.807) is 14.0 Å². The summed E-state index contributed by atoms with van der Waals surface area (Å²) >= 11 is 0. The molecule has 2 aliphatic rings. The van der Waals surface area contributed by atoms with Crippen molar-refractivity contribution < 1.29 is 37.5 Å². The summed E-state index contributed by atoms with van der Waals surface area (Å²) in [5.74, 6) is 1.11. The molecule has 0 spiro atoms. The molecule has 1 amide bonds. The Morgan fingerprint density at radius 3 is 2.71 bits per heavy atom. The van der Waals surface area contributed by atoms with Crippen LogP contribution in [0, 0.1) is 18.7 Å². The molecule has 1 saturated carbocycles. The highest BCUT2D eigenvalue weighted by molar-refractivity contribution is 7.46. The summed E-state index contributed by atoms with van der Waals surface area (Å²) in [6, 6.07) is 2.64. The molecule has 0 unspecified atom stereocenters. The van der Waals surface area contributed by atoms with E-state index < -0.39 is 26.5 Å². The molecular weight excluding hydrogens is 562 g/mol. The maximum Gasteiger partial charge on any atom is 0.472 e. The molecule has 1 aliphatic carbocycles. The van der Waals surface area contributed by atoms with Crippen molar-refractivity contribution in [1.82, 2.24) is 30.2 Å². The number of fused-ring (bicyclic) bond motifs is 5. The van der Waals surface area contributed by atoms with Crippen LogP contribution in [0.4, 0.5) is 20.7 Å². The van der Waals surface area contributed by atoms with Crippen LogP contribution >= 0.6 is 7.82 Å². The number of aromatic nitrogens is 5. The molecule has 5 N–H and O–H groups in total. The Balaban J connectivity index is 1.30. The topological polar surface area (TPSA) is 197 Å². The number of benzene rings is 1. The molecule has 3 atom stereocenters. The van der Waals surface area contributed by atoms with Crippen molar-refractivity contribution in [1.29, 1.82) is 0 Å². The van der Waals surface area contributed by atoms with Crippen LogP contribution in [0.15, 0.2) is 24.5 Å². The number of carbonyl (C=O) groups is 1. The van der Waals surface area contributed by atoms with Crippen molar-refractivity contribution in [3.63, 3.8) is 0 Å². The van der Waals surface area contributed by atoms with E-state index in [4.69, 9.17) is 24.2 Å². The van der Waals surface area contributed by atoms with Crippen LogP contribution in [0.1, 0.15) is 18.7 Å². The van der Waals surface area contributed by atoms with Crippen LogP contribution in [0.5, 0.6) is 11.8 Å². The van der Waals surface area contributed by atoms with Gasteiger partial charge < -0.3 is 39.8 Å². The fourth-order valence-corrected chi connectivity index (χ4v) is 5.74. The molecule has 4 heterocycles. The number of aryl methyl sites for hydroxylation is 1. The molecule has 1 aromatic carbocycles. The van der Waals surface area contributed by atoms with Crippen molar-refractivity contribution in [2.24, 2.45) is 5.92 Å². The summed E-state index contributed by atoms with van der Waals surface area (Å²) in [4.78, 5) is 52.6. The van der Waals surface area contributed by atoms with Gasteiger partial charge in [-0.2, -0.15) is 9.97 Å². The van der Waals surface area contributed by atoms with Crippen molar-refractivity contribution >= 4 is 47.4 Å². The number of nitrogens with zero attached hydrogens (tertiary/aromatic N) is 5. The zero-order valence-corrected chi connectivity index (χ0v) is 22.8. The Morgan fingerprint density at radius 2 is 2.02 bits per heavy atom. The second kappa shape index (κ2) is 10.4. The minimum atomic E-state index is -4.75. The number of phosphoric acid groups is 1. The number of rotatable bonds is 8. The lowest BCUT2D eigenvalue weighted by Gasteiger charge is -2.33. The lowest BCUT2D eigenvalue weighted by molar-refractivity contribution is 0.0375. The normalized spacial score (nSPS) is 20.1. The smallest absolute Gasteiger partial charge is 0.422 e. The average molecular weight is 588 g/mol. The molecule has 1 aliphatic heterocycles. The van der Waals surface area contributed by atoms with Gasteiger partial charge in [-0.05, 0) is 37.8 Å². The van der Waals surface area contributed by atoms with Crippen molar-refractivity contribution in [3.8, 4) is 11.8 Å². The van der Waals surface area contributed by atoms with E-state index in [0.29, 0.717) is 58.0 Å². The number of hydrogen-bond acceptors (Lipinski definition) is 11. The van der Waals surface area contributed by atoms with E-state index in [0.717, 1.165) is 6.42 Å². The van der Waals surface area contributed by atoms with E-state index >= 15 is 0 Å². The van der Waals surface area contributed by atoms with Gasteiger partial charge in [-0.3, -0.25) is 0 Å². The number of aromatic amines is 1. The third-order valence-electron chi connectivity index (χ3n) is 7.25. The summed E-state index contributed by atoms with van der Waals surface area (Å²) in [6.45, 7) is 1.41. The number of carbonyl (C=O) groups excluding carboxylic acids is 1. The molecular formula is C24H26FN8O7P. The van der Waals surface area contributed by atoms with Gasteiger partial charge in [-0.15, -0.1) is 0 Å². The average Bonchev–Trinajstić information content (AvgIpc) is 3.61. The van der Waals surface area contributed by atoms with Gasteiger partial charge in [0.1, 0.15) is 23.1 Å². The monoisotopic (exact) mass is 588 g/mol. The lowest BCUT2D eigenvalue weighted by atomic mass is 10.0. The first-order chi connectivity index (χ1) is 19.6. The van der Waals surface area contributed by atoms with E-state index in [1.807, 2.05) is 0 Å². The number of amides is 1. The molecule has 41 heavy (non-hydrogen) atoms. The van der Waals surface area contributed by atoms with Crippen LogP contribution in [-0.4, -0.2) is 73.3 Å². The predicted molar refractivity (Wildman–Crippen MR) is 143 cm³/mol. The second-order valence-electron chi connectivity index (χ2n) is 9.83. The van der Waals surface area contributed by atoms with E-state index in [-0.39, 0.29) is 24.0 Å². The Hall–Kier alpha value is -4.11. The van der Waals surface area contributed by atoms with Crippen LogP contribution in [0.25, 0.3) is 21.9 Å². The maximum absolute atomic E-state index is 14.6. The number of alkyl carbamates (subject to hydrolysis) is 1. The number of ether oxygens (including phenoxy) is 2. The number of H-pyrrole nitrogens is 1. The predicted octanol–water partition coefficient (Wildman–Crippen LogP) is 2.94. The molecule has 2 fully saturated rings. The van der Waals surface area contributed by atoms with Crippen LogP contribution in [-0.2, 0) is 13.8 Å². The standard InChI is InChI=1S/C24H26FN8O7P/c1-11-27-7-15(8-28-11)40-23-31-21-19(16-4-13(25)5-18(26-2)20(16)30-21)22(32-23)33-9-12-3-14(33)6-17(12)29-24(34)38-10-39-41(35,36)37/h4-5,7-8,12,14,17,26H,3,6,9-10H2,1-2H3,(H,29,34)(H,30,31,32)(H2,35,36,37)/t12-,14-,17-/m1/s1. The molecule has 216 valence electrons. The van der Waals surface area contributed by atoms with Crippen LogP contribution in [0.3, 0.4) is 0 Å². The van der Waals surface area contributed by atoms with Gasteiger partial charge in [0.25, 0.3) is 0 Å². The van der Waals surface area contributed by atoms with Crippen molar-refractivity contribution in [3.05, 3.63) is 36.2 Å². The second-order valence-corrected chi connectivity index (χ2v) is 11.1. The molecule has 3 aromatic heterocycles. The summed E-state index contributed by atoms with van der Waals surface area (Å²) in [7, 11) is -3.05. The van der Waals surface area contributed by atoms with Gasteiger partial charge in [-0.1, -0.05) is 0 Å². The quantitative estimate of drug-likeness (QED) is 0.149. The maximum atomic E-state index is 14.6. The zero-order chi connectivity index (χ0) is 28.9. The fraction of sp³-hybridized carbons (Fsp3) is 0.375. The SMILES string of the molecule is CNc1cc(F)cc2c1[nH]c1nc(Oc3cnc(C)nc3)nc(N3C[C@H]4C[C@@H]3C[C@H]4NC(=O)OCOP(=O)(O)O)c12. The molecule has 17 heteroatoms. The highest BCUT2D eigenvalue weighted by Gasteiger charge is 2.46. The molecule has 6 rings (SSSR count). The molecule has 1 saturated heterocycles. The van der Waals surface area contributed by atoms with Crippen molar-refractivity contribution in [2.45, 2.75) is 31.8 Å². The highest BCUT2D eigenvalue weighted by Crippen LogP contribution is 2.45. The number of piperidine rings is 1. The van der Waals surface area contributed by atoms with Gasteiger partial charge in [0.2, 0.25) is 6.79 Å². The van der Waals surface area contributed by atoms with Crippen LogP contribution < -0.4 is 20.3 Å². The van der Waals surface area contributed by atoms with Gasteiger partial charge >= 0.3 is 19.9 Å². The number of hydrogen-bond donors (Lipinski definition) is 5. The molecule has 15 nitrogen and oxygen atoms in total. The van der Waals surface area contributed by atoms with E-state index in [2.05, 4.69) is 40.0 Å². The van der Waals surface area contributed by atoms with Crippen LogP contribution in [0.2, 0.25) is 0 Å². The van der Waals surface area contributed by atoms with Gasteiger partial charge in [0.15, 0.2) is 5.75 Å². The Kier molecular flexibility index (Phi) is 6.85. The molecule has 0 radical (unpaired) electrons. The Bertz CT molecular complexity index is 1680. The number of halogens is 1. The van der Waals surface area contributed by atoms with Gasteiger partial charge in [-0.25, -0.2) is 28.2 Å². The summed E-state index contributed by atoms with van der Waals surface area (Å²) in [5, 5.41) is 7.00. The summed E-state index contributed by atoms with van der Waals surface area (Å²) < 4.78 is 40.2.